The largest absolute Gasteiger partial charge is 0.497 e. The first-order valence-corrected chi connectivity index (χ1v) is 11.9. The Morgan fingerprint density at radius 2 is 1.64 bits per heavy atom. The number of amides is 2. The number of nitrogens with zero attached hydrogens (tertiary/aromatic N) is 2. The first kappa shape index (κ1) is 21.5. The minimum Gasteiger partial charge on any atom is -0.497 e. The summed E-state index contributed by atoms with van der Waals surface area (Å²) in [6.45, 7) is 1.98. The van der Waals surface area contributed by atoms with E-state index in [1.807, 2.05) is 64.4 Å². The Bertz CT molecular complexity index is 1150. The van der Waals surface area contributed by atoms with Crippen LogP contribution in [-0.2, 0) is 4.79 Å². The third kappa shape index (κ3) is 4.20. The molecule has 5 heteroatoms. The van der Waals surface area contributed by atoms with Crippen molar-refractivity contribution in [2.24, 2.45) is 5.92 Å². The SMILES string of the molecule is COc1ccc([C@H]2CCCN2C(=O)[C@@H]2CCCN(C(=O)c3cccc4ccccc34)C2)cc1. The maximum absolute atomic E-state index is 13.6. The standard InChI is InChI=1S/C28H30N2O3/c1-33-23-15-13-21(14-16-23)26-12-6-18-30(26)27(31)22-9-5-17-29(19-22)28(32)25-11-4-8-20-7-2-3-10-24(20)25/h2-4,7-8,10-11,13-16,22,26H,5-6,9,12,17-19H2,1H3/t22-,26-/m1/s1. The monoisotopic (exact) mass is 442 g/mol. The highest BCUT2D eigenvalue weighted by atomic mass is 16.5. The Balaban J connectivity index is 1.32. The predicted octanol–water partition coefficient (Wildman–Crippen LogP) is 5.06. The Morgan fingerprint density at radius 3 is 2.45 bits per heavy atom. The fraction of sp³-hybridized carbons (Fsp3) is 0.357. The summed E-state index contributed by atoms with van der Waals surface area (Å²) in [4.78, 5) is 30.9. The van der Waals surface area contributed by atoms with E-state index in [1.54, 1.807) is 7.11 Å². The molecule has 3 aromatic rings. The van der Waals surface area contributed by atoms with Gasteiger partial charge in [0.2, 0.25) is 5.91 Å². The van der Waals surface area contributed by atoms with Crippen molar-refractivity contribution in [2.45, 2.75) is 31.7 Å². The molecule has 0 radical (unpaired) electrons. The van der Waals surface area contributed by atoms with Gasteiger partial charge in [0.25, 0.3) is 5.91 Å². The second kappa shape index (κ2) is 9.26. The molecule has 2 saturated heterocycles. The van der Waals surface area contributed by atoms with Crippen LogP contribution in [0.5, 0.6) is 5.75 Å². The van der Waals surface area contributed by atoms with Crippen molar-refractivity contribution >= 4 is 22.6 Å². The van der Waals surface area contributed by atoms with Crippen LogP contribution in [0.4, 0.5) is 0 Å². The van der Waals surface area contributed by atoms with E-state index in [4.69, 9.17) is 4.74 Å². The summed E-state index contributed by atoms with van der Waals surface area (Å²) in [5.41, 5.74) is 1.87. The topological polar surface area (TPSA) is 49.9 Å². The van der Waals surface area contributed by atoms with Gasteiger partial charge in [-0.2, -0.15) is 0 Å². The second-order valence-electron chi connectivity index (χ2n) is 9.08. The van der Waals surface area contributed by atoms with Crippen LogP contribution >= 0.6 is 0 Å². The van der Waals surface area contributed by atoms with Crippen LogP contribution in [0.15, 0.2) is 66.7 Å². The molecule has 5 nitrogen and oxygen atoms in total. The molecule has 2 aliphatic heterocycles. The number of benzene rings is 3. The smallest absolute Gasteiger partial charge is 0.254 e. The minimum atomic E-state index is -0.142. The lowest BCUT2D eigenvalue weighted by molar-refractivity contribution is -0.137. The highest BCUT2D eigenvalue weighted by molar-refractivity contribution is 6.07. The summed E-state index contributed by atoms with van der Waals surface area (Å²) < 4.78 is 5.28. The molecule has 0 saturated carbocycles. The maximum atomic E-state index is 13.6. The Morgan fingerprint density at radius 1 is 0.879 bits per heavy atom. The summed E-state index contributed by atoms with van der Waals surface area (Å²) in [5, 5.41) is 2.03. The number of methoxy groups -OCH3 is 1. The van der Waals surface area contributed by atoms with Crippen molar-refractivity contribution in [1.29, 1.82) is 0 Å². The number of ether oxygens (including phenoxy) is 1. The highest BCUT2D eigenvalue weighted by Crippen LogP contribution is 2.35. The second-order valence-corrected chi connectivity index (χ2v) is 9.08. The Kier molecular flexibility index (Phi) is 6.03. The number of hydrogen-bond acceptors (Lipinski definition) is 3. The van der Waals surface area contributed by atoms with Crippen LogP contribution in [0.1, 0.15) is 47.6 Å². The van der Waals surface area contributed by atoms with Gasteiger partial charge in [-0.25, -0.2) is 0 Å². The summed E-state index contributed by atoms with van der Waals surface area (Å²) in [6, 6.07) is 22.0. The van der Waals surface area contributed by atoms with Gasteiger partial charge >= 0.3 is 0 Å². The van der Waals surface area contributed by atoms with Crippen LogP contribution in [0.3, 0.4) is 0 Å². The quantitative estimate of drug-likeness (QED) is 0.567. The molecule has 0 aliphatic carbocycles. The summed E-state index contributed by atoms with van der Waals surface area (Å²) in [5.74, 6) is 0.891. The van der Waals surface area contributed by atoms with E-state index in [0.717, 1.165) is 59.9 Å². The fourth-order valence-corrected chi connectivity index (χ4v) is 5.38. The molecular formula is C28H30N2O3. The number of hydrogen-bond donors (Lipinski definition) is 0. The van der Waals surface area contributed by atoms with Gasteiger partial charge in [-0.05, 0) is 60.2 Å². The van der Waals surface area contributed by atoms with Crippen LogP contribution in [0.2, 0.25) is 0 Å². The third-order valence-electron chi connectivity index (χ3n) is 7.11. The molecule has 5 rings (SSSR count). The molecule has 2 atom stereocenters. The Hall–Kier alpha value is -3.34. The Labute approximate surface area is 194 Å². The van der Waals surface area contributed by atoms with Gasteiger partial charge < -0.3 is 14.5 Å². The first-order chi connectivity index (χ1) is 16.2. The zero-order valence-corrected chi connectivity index (χ0v) is 19.1. The number of likely N-dealkylation sites (tertiary alicyclic amines) is 2. The molecule has 2 aliphatic rings. The molecule has 2 amide bonds. The van der Waals surface area contributed by atoms with E-state index in [0.29, 0.717) is 13.1 Å². The number of carbonyl (C=O) groups excluding carboxylic acids is 2. The molecule has 0 aromatic heterocycles. The molecule has 0 bridgehead atoms. The van der Waals surface area contributed by atoms with Gasteiger partial charge in [0.05, 0.1) is 19.1 Å². The van der Waals surface area contributed by atoms with Gasteiger partial charge in [0.15, 0.2) is 0 Å². The summed E-state index contributed by atoms with van der Waals surface area (Å²) >= 11 is 0. The minimum absolute atomic E-state index is 0.0254. The van der Waals surface area contributed by atoms with Crippen molar-refractivity contribution in [3.8, 4) is 5.75 Å². The molecular weight excluding hydrogens is 412 g/mol. The van der Waals surface area contributed by atoms with Crippen molar-refractivity contribution in [3.63, 3.8) is 0 Å². The first-order valence-electron chi connectivity index (χ1n) is 11.9. The molecule has 0 unspecified atom stereocenters. The van der Waals surface area contributed by atoms with Gasteiger partial charge in [-0.1, -0.05) is 48.5 Å². The lowest BCUT2D eigenvalue weighted by Crippen LogP contribution is -2.46. The predicted molar refractivity (Wildman–Crippen MR) is 129 cm³/mol. The maximum Gasteiger partial charge on any atom is 0.254 e. The van der Waals surface area contributed by atoms with E-state index >= 15 is 0 Å². The number of carbonyl (C=O) groups is 2. The van der Waals surface area contributed by atoms with Crippen molar-refractivity contribution in [1.82, 2.24) is 9.80 Å². The molecule has 2 heterocycles. The molecule has 3 aromatic carbocycles. The van der Waals surface area contributed by atoms with E-state index < -0.39 is 0 Å². The summed E-state index contributed by atoms with van der Waals surface area (Å²) in [6.07, 6.45) is 3.68. The average Bonchev–Trinajstić information content (AvgIpc) is 3.37. The van der Waals surface area contributed by atoms with Crippen molar-refractivity contribution < 1.29 is 14.3 Å². The molecule has 2 fully saturated rings. The third-order valence-corrected chi connectivity index (χ3v) is 7.11. The van der Waals surface area contributed by atoms with E-state index in [-0.39, 0.29) is 23.8 Å². The van der Waals surface area contributed by atoms with Crippen LogP contribution in [-0.4, -0.2) is 48.4 Å². The summed E-state index contributed by atoms with van der Waals surface area (Å²) in [7, 11) is 1.66. The van der Waals surface area contributed by atoms with Gasteiger partial charge in [0, 0.05) is 25.2 Å². The highest BCUT2D eigenvalue weighted by Gasteiger charge is 2.37. The molecule has 170 valence electrons. The lowest BCUT2D eigenvalue weighted by Gasteiger charge is -2.36. The van der Waals surface area contributed by atoms with Crippen LogP contribution < -0.4 is 4.74 Å². The van der Waals surface area contributed by atoms with E-state index in [1.165, 1.54) is 0 Å². The van der Waals surface area contributed by atoms with Gasteiger partial charge in [0.1, 0.15) is 5.75 Å². The molecule has 0 spiro atoms. The van der Waals surface area contributed by atoms with E-state index in [2.05, 4.69) is 12.1 Å². The molecule has 0 N–H and O–H groups in total. The fourth-order valence-electron chi connectivity index (χ4n) is 5.38. The van der Waals surface area contributed by atoms with Gasteiger partial charge in [-0.15, -0.1) is 0 Å². The lowest BCUT2D eigenvalue weighted by atomic mass is 9.94. The van der Waals surface area contributed by atoms with E-state index in [9.17, 15) is 9.59 Å². The number of piperidine rings is 1. The molecule has 33 heavy (non-hydrogen) atoms. The van der Waals surface area contributed by atoms with Crippen molar-refractivity contribution in [3.05, 3.63) is 77.9 Å². The van der Waals surface area contributed by atoms with Crippen molar-refractivity contribution in [2.75, 3.05) is 26.7 Å². The zero-order valence-electron chi connectivity index (χ0n) is 19.1. The number of fused-ring (bicyclic) bond motifs is 1. The van der Waals surface area contributed by atoms with Crippen LogP contribution in [0.25, 0.3) is 10.8 Å². The normalized spacial score (nSPS) is 20.8. The zero-order chi connectivity index (χ0) is 22.8. The number of rotatable bonds is 4. The van der Waals surface area contributed by atoms with Crippen LogP contribution in [0, 0.1) is 5.92 Å². The van der Waals surface area contributed by atoms with Gasteiger partial charge in [-0.3, -0.25) is 9.59 Å². The average molecular weight is 443 g/mol.